The third-order valence-corrected chi connectivity index (χ3v) is 6.95. The van der Waals surface area contributed by atoms with Crippen LogP contribution in [0.5, 0.6) is 0 Å². The van der Waals surface area contributed by atoms with Gasteiger partial charge in [-0.1, -0.05) is 72.8 Å². The van der Waals surface area contributed by atoms with Crippen LogP contribution in [0.4, 0.5) is 8.78 Å². The minimum Gasteiger partial charge on any atom is -0.455 e. The highest BCUT2D eigenvalue weighted by Crippen LogP contribution is 2.44. The molecule has 7 rings (SSSR count). The smallest absolute Gasteiger partial charge is 0.152 e. The van der Waals surface area contributed by atoms with Gasteiger partial charge in [0, 0.05) is 38.2 Å². The van der Waals surface area contributed by atoms with Gasteiger partial charge in [0.1, 0.15) is 34.5 Å². The van der Waals surface area contributed by atoms with Gasteiger partial charge < -0.3 is 8.83 Å². The maximum atomic E-state index is 16.2. The molecule has 0 saturated carbocycles. The van der Waals surface area contributed by atoms with Gasteiger partial charge in [0.25, 0.3) is 0 Å². The molecule has 4 nitrogen and oxygen atoms in total. The molecule has 0 bridgehead atoms. The van der Waals surface area contributed by atoms with Crippen molar-refractivity contribution in [1.29, 1.82) is 10.5 Å². The van der Waals surface area contributed by atoms with Gasteiger partial charge in [0.15, 0.2) is 11.6 Å². The fraction of sp³-hybridized carbons (Fsp3) is 0. The highest BCUT2D eigenvalue weighted by atomic mass is 19.1. The van der Waals surface area contributed by atoms with Gasteiger partial charge in [-0.3, -0.25) is 0 Å². The van der Waals surface area contributed by atoms with Crippen LogP contribution in [0.3, 0.4) is 0 Å². The first-order chi connectivity index (χ1) is 18.6. The van der Waals surface area contributed by atoms with Crippen molar-refractivity contribution in [1.82, 2.24) is 0 Å². The van der Waals surface area contributed by atoms with E-state index in [1.807, 2.05) is 48.5 Å². The number of rotatable bonds is 2. The van der Waals surface area contributed by atoms with E-state index in [4.69, 9.17) is 8.83 Å². The lowest BCUT2D eigenvalue weighted by molar-refractivity contribution is 0.584. The number of hydrogen-bond acceptors (Lipinski definition) is 4. The van der Waals surface area contributed by atoms with Crippen LogP contribution >= 0.6 is 0 Å². The summed E-state index contributed by atoms with van der Waals surface area (Å²) < 4.78 is 44.5. The molecule has 0 aliphatic carbocycles. The Hall–Kier alpha value is -5.46. The highest BCUT2D eigenvalue weighted by Gasteiger charge is 2.30. The summed E-state index contributed by atoms with van der Waals surface area (Å²) in [4.78, 5) is 0. The summed E-state index contributed by atoms with van der Waals surface area (Å²) in [6, 6.07) is 28.5. The monoisotopic (exact) mass is 496 g/mol. The van der Waals surface area contributed by atoms with Crippen molar-refractivity contribution in [2.24, 2.45) is 0 Å². The summed E-state index contributed by atoms with van der Waals surface area (Å²) in [5.41, 5.74) is 0.620. The lowest BCUT2D eigenvalue weighted by Gasteiger charge is -2.14. The van der Waals surface area contributed by atoms with Gasteiger partial charge in [0.2, 0.25) is 0 Å². The van der Waals surface area contributed by atoms with E-state index in [2.05, 4.69) is 0 Å². The van der Waals surface area contributed by atoms with Crippen molar-refractivity contribution in [3.8, 4) is 34.4 Å². The lowest BCUT2D eigenvalue weighted by atomic mass is 9.88. The molecule has 0 saturated heterocycles. The Labute approximate surface area is 214 Å². The van der Waals surface area contributed by atoms with E-state index in [1.54, 1.807) is 42.5 Å². The first kappa shape index (κ1) is 21.8. The normalized spacial score (nSPS) is 11.4. The summed E-state index contributed by atoms with van der Waals surface area (Å²) in [7, 11) is 0. The number of benzene rings is 5. The maximum absolute atomic E-state index is 16.2. The fourth-order valence-electron chi connectivity index (χ4n) is 5.29. The average Bonchev–Trinajstić information content (AvgIpc) is 3.52. The van der Waals surface area contributed by atoms with Crippen LogP contribution < -0.4 is 0 Å². The number of para-hydroxylation sites is 4. The van der Waals surface area contributed by atoms with E-state index in [1.165, 1.54) is 6.07 Å². The largest absolute Gasteiger partial charge is 0.455 e. The Bertz CT molecular complexity index is 2150. The zero-order chi connectivity index (χ0) is 26.0. The van der Waals surface area contributed by atoms with Crippen LogP contribution in [0.25, 0.3) is 66.1 Å². The van der Waals surface area contributed by atoms with Crippen LogP contribution in [-0.4, -0.2) is 0 Å². The summed E-state index contributed by atoms with van der Waals surface area (Å²) in [5, 5.41) is 23.2. The highest BCUT2D eigenvalue weighted by molar-refractivity contribution is 6.12. The number of hydrogen-bond donors (Lipinski definition) is 0. The average molecular weight is 496 g/mol. The lowest BCUT2D eigenvalue weighted by Crippen LogP contribution is -2.03. The molecule has 38 heavy (non-hydrogen) atoms. The van der Waals surface area contributed by atoms with Gasteiger partial charge >= 0.3 is 0 Å². The van der Waals surface area contributed by atoms with E-state index in [0.717, 1.165) is 10.8 Å². The molecule has 0 radical (unpaired) electrons. The number of furan rings is 2. The second kappa shape index (κ2) is 8.03. The number of nitrogens with zero attached hydrogens (tertiary/aromatic N) is 2. The summed E-state index contributed by atoms with van der Waals surface area (Å²) in [5.74, 6) is -2.14. The Morgan fingerprint density at radius 2 is 0.921 bits per heavy atom. The Morgan fingerprint density at radius 1 is 0.500 bits per heavy atom. The van der Waals surface area contributed by atoms with Gasteiger partial charge in [-0.05, 0) is 12.1 Å². The van der Waals surface area contributed by atoms with Crippen molar-refractivity contribution in [3.63, 3.8) is 0 Å². The van der Waals surface area contributed by atoms with Gasteiger partial charge in [0.05, 0.1) is 16.7 Å². The van der Waals surface area contributed by atoms with E-state index >= 15 is 8.78 Å². The second-order valence-electron chi connectivity index (χ2n) is 8.91. The number of nitriles is 2. The van der Waals surface area contributed by atoms with Crippen molar-refractivity contribution in [3.05, 3.63) is 108 Å². The van der Waals surface area contributed by atoms with Gasteiger partial charge in [-0.15, -0.1) is 0 Å². The molecule has 5 aromatic carbocycles. The summed E-state index contributed by atoms with van der Waals surface area (Å²) in [6.45, 7) is 0. The van der Waals surface area contributed by atoms with Crippen LogP contribution in [0.15, 0.2) is 93.8 Å². The Kier molecular flexibility index (Phi) is 4.60. The van der Waals surface area contributed by atoms with Crippen molar-refractivity contribution in [2.75, 3.05) is 0 Å². The molecule has 2 aromatic heterocycles. The number of halogens is 2. The number of fused-ring (bicyclic) bond motifs is 6. The van der Waals surface area contributed by atoms with Crippen LogP contribution in [0.1, 0.15) is 11.1 Å². The molecule has 0 fully saturated rings. The third kappa shape index (κ3) is 2.86. The quantitative estimate of drug-likeness (QED) is 0.240. The third-order valence-electron chi connectivity index (χ3n) is 6.95. The SMILES string of the molecule is N#Cc1c(F)c(-c2cccc3c2oc2ccccc23)c(F)c(C#N)c1-c1cccc2c1oc1ccccc12. The molecule has 7 aromatic rings. The minimum atomic E-state index is -1.07. The molecule has 0 unspecified atom stereocenters. The van der Waals surface area contributed by atoms with Crippen molar-refractivity contribution >= 4 is 43.9 Å². The molecule has 178 valence electrons. The Morgan fingerprint density at radius 3 is 1.39 bits per heavy atom. The first-order valence-electron chi connectivity index (χ1n) is 11.8. The standard InChI is InChI=1S/C32H14F2N2O2/c33-29-23(15-35)27(21-11-5-9-19-17-7-1-3-13-25(17)37-31(19)21)24(16-36)30(34)28(29)22-12-6-10-20-18-8-2-4-14-26(18)38-32(20)22/h1-14H. The molecular formula is C32H14F2N2O2. The Balaban J connectivity index is 1.59. The van der Waals surface area contributed by atoms with Crippen molar-refractivity contribution < 1.29 is 17.6 Å². The molecule has 0 atom stereocenters. The maximum Gasteiger partial charge on any atom is 0.152 e. The zero-order valence-electron chi connectivity index (χ0n) is 19.5. The first-order valence-corrected chi connectivity index (χ1v) is 11.8. The van der Waals surface area contributed by atoms with Gasteiger partial charge in [-0.25, -0.2) is 8.78 Å². The molecule has 2 heterocycles. The molecule has 0 aliphatic heterocycles. The van der Waals surface area contributed by atoms with Crippen LogP contribution in [-0.2, 0) is 0 Å². The molecule has 0 amide bonds. The second-order valence-corrected chi connectivity index (χ2v) is 8.91. The molecule has 0 aliphatic rings. The van der Waals surface area contributed by atoms with E-state index < -0.39 is 28.3 Å². The molecule has 0 spiro atoms. The predicted molar refractivity (Wildman–Crippen MR) is 141 cm³/mol. The fourth-order valence-corrected chi connectivity index (χ4v) is 5.29. The summed E-state index contributed by atoms with van der Waals surface area (Å²) >= 11 is 0. The molecule has 6 heteroatoms. The van der Waals surface area contributed by atoms with Crippen LogP contribution in [0, 0.1) is 34.3 Å². The zero-order valence-corrected chi connectivity index (χ0v) is 19.5. The van der Waals surface area contributed by atoms with Crippen LogP contribution in [0.2, 0.25) is 0 Å². The topological polar surface area (TPSA) is 73.9 Å². The predicted octanol–water partition coefficient (Wildman–Crippen LogP) is 8.84. The van der Waals surface area contributed by atoms with Gasteiger partial charge in [-0.2, -0.15) is 10.5 Å². The minimum absolute atomic E-state index is 0.121. The van der Waals surface area contributed by atoms with E-state index in [-0.39, 0.29) is 22.3 Å². The summed E-state index contributed by atoms with van der Waals surface area (Å²) in [6.07, 6.45) is 0. The molecular weight excluding hydrogens is 482 g/mol. The van der Waals surface area contributed by atoms with E-state index in [0.29, 0.717) is 27.5 Å². The van der Waals surface area contributed by atoms with Crippen molar-refractivity contribution in [2.45, 2.75) is 0 Å². The molecule has 0 N–H and O–H groups in total. The van der Waals surface area contributed by atoms with E-state index in [9.17, 15) is 10.5 Å².